The van der Waals surface area contributed by atoms with Crippen LogP contribution in [0.5, 0.6) is 5.75 Å². The van der Waals surface area contributed by atoms with Crippen LogP contribution in [0.3, 0.4) is 0 Å². The Balaban J connectivity index is 1.41. The fourth-order valence-electron chi connectivity index (χ4n) is 4.18. The van der Waals surface area contributed by atoms with Crippen molar-refractivity contribution in [3.05, 3.63) is 47.4 Å². The molecule has 7 heteroatoms. The molecule has 32 heavy (non-hydrogen) atoms. The van der Waals surface area contributed by atoms with Gasteiger partial charge in [0.05, 0.1) is 12.2 Å². The zero-order valence-corrected chi connectivity index (χ0v) is 19.3. The first-order valence-electron chi connectivity index (χ1n) is 11.5. The Morgan fingerprint density at radius 1 is 1.09 bits per heavy atom. The van der Waals surface area contributed by atoms with Crippen LogP contribution < -0.4 is 15.0 Å². The zero-order chi connectivity index (χ0) is 22.7. The summed E-state index contributed by atoms with van der Waals surface area (Å²) in [4.78, 5) is 29.2. The van der Waals surface area contributed by atoms with Crippen LogP contribution in [-0.4, -0.2) is 49.5 Å². The predicted molar refractivity (Wildman–Crippen MR) is 123 cm³/mol. The summed E-state index contributed by atoms with van der Waals surface area (Å²) in [6.45, 7) is 10.3. The van der Waals surface area contributed by atoms with Crippen LogP contribution in [0, 0.1) is 0 Å². The second-order valence-corrected chi connectivity index (χ2v) is 9.63. The lowest BCUT2D eigenvalue weighted by Gasteiger charge is -2.31. The van der Waals surface area contributed by atoms with Gasteiger partial charge in [0.25, 0.3) is 11.8 Å². The fraction of sp³-hybridized carbons (Fsp3) is 0.520. The smallest absolute Gasteiger partial charge is 0.287 e. The number of furan rings is 1. The molecule has 4 rings (SSSR count). The van der Waals surface area contributed by atoms with Crippen LogP contribution in [-0.2, 0) is 16.8 Å². The van der Waals surface area contributed by atoms with Crippen molar-refractivity contribution in [3.8, 4) is 5.75 Å². The summed E-state index contributed by atoms with van der Waals surface area (Å²) in [7, 11) is 0. The molecular weight excluding hydrogens is 406 g/mol. The second-order valence-electron chi connectivity index (χ2n) is 9.63. The Labute approximate surface area is 189 Å². The third-order valence-electron chi connectivity index (χ3n) is 6.13. The molecule has 0 atom stereocenters. The van der Waals surface area contributed by atoms with Gasteiger partial charge in [-0.3, -0.25) is 14.5 Å². The van der Waals surface area contributed by atoms with Gasteiger partial charge in [0, 0.05) is 13.1 Å². The number of likely N-dealkylation sites (tertiary alicyclic amines) is 1. The number of piperidine rings is 1. The summed E-state index contributed by atoms with van der Waals surface area (Å²) < 4.78 is 11.4. The minimum absolute atomic E-state index is 0.00752. The quantitative estimate of drug-likeness (QED) is 0.743. The van der Waals surface area contributed by atoms with Gasteiger partial charge in [0.1, 0.15) is 11.5 Å². The molecule has 1 aromatic heterocycles. The lowest BCUT2D eigenvalue weighted by Crippen LogP contribution is -2.38. The number of carbonyl (C=O) groups excluding carboxylic acids is 2. The zero-order valence-electron chi connectivity index (χ0n) is 19.3. The SMILES string of the molecule is CC(C)(C)c1ccc2c(c1)N(Cc1ccc(C(=O)NCCN3CCCCC3)o1)C(=O)CO2. The number of hydrogen-bond acceptors (Lipinski definition) is 5. The Hall–Kier alpha value is -2.80. The summed E-state index contributed by atoms with van der Waals surface area (Å²) in [5.41, 5.74) is 1.80. The van der Waals surface area contributed by atoms with Gasteiger partial charge < -0.3 is 19.4 Å². The number of carbonyl (C=O) groups is 2. The number of amides is 2. The standard InChI is InChI=1S/C25H33N3O4/c1-25(2,3)18-7-9-21-20(15-18)28(23(29)17-31-21)16-19-8-10-22(32-19)24(30)26-11-14-27-12-5-4-6-13-27/h7-10,15H,4-6,11-14,16-17H2,1-3H3,(H,26,30). The van der Waals surface area contributed by atoms with Crippen LogP contribution in [0.1, 0.15) is 61.9 Å². The number of anilines is 1. The molecule has 0 spiro atoms. The van der Waals surface area contributed by atoms with Crippen LogP contribution >= 0.6 is 0 Å². The highest BCUT2D eigenvalue weighted by atomic mass is 16.5. The summed E-state index contributed by atoms with van der Waals surface area (Å²) in [6.07, 6.45) is 3.76. The predicted octanol–water partition coefficient (Wildman–Crippen LogP) is 3.72. The first-order valence-corrected chi connectivity index (χ1v) is 11.5. The monoisotopic (exact) mass is 439 g/mol. The lowest BCUT2D eigenvalue weighted by molar-refractivity contribution is -0.121. The summed E-state index contributed by atoms with van der Waals surface area (Å²) >= 11 is 0. The van der Waals surface area contributed by atoms with Gasteiger partial charge in [-0.2, -0.15) is 0 Å². The first-order chi connectivity index (χ1) is 15.3. The summed E-state index contributed by atoms with van der Waals surface area (Å²) in [6, 6.07) is 9.38. The van der Waals surface area contributed by atoms with Crippen molar-refractivity contribution in [2.75, 3.05) is 37.7 Å². The molecule has 172 valence electrons. The van der Waals surface area contributed by atoms with Crippen molar-refractivity contribution in [1.82, 2.24) is 10.2 Å². The molecule has 0 aliphatic carbocycles. The van der Waals surface area contributed by atoms with Gasteiger partial charge in [0.15, 0.2) is 12.4 Å². The number of hydrogen-bond donors (Lipinski definition) is 1. The van der Waals surface area contributed by atoms with Gasteiger partial charge in [-0.15, -0.1) is 0 Å². The second kappa shape index (κ2) is 9.36. The van der Waals surface area contributed by atoms with Gasteiger partial charge in [0.2, 0.25) is 0 Å². The Morgan fingerprint density at radius 3 is 2.62 bits per heavy atom. The van der Waals surface area contributed by atoms with Gasteiger partial charge in [-0.1, -0.05) is 33.3 Å². The molecule has 0 radical (unpaired) electrons. The molecule has 2 aromatic rings. The van der Waals surface area contributed by atoms with E-state index in [2.05, 4.69) is 31.0 Å². The molecule has 0 unspecified atom stereocenters. The topological polar surface area (TPSA) is 75.0 Å². The van der Waals surface area contributed by atoms with Crippen LogP contribution in [0.4, 0.5) is 5.69 Å². The Bertz CT molecular complexity index is 970. The van der Waals surface area contributed by atoms with E-state index in [1.807, 2.05) is 18.2 Å². The van der Waals surface area contributed by atoms with Gasteiger partial charge in [-0.25, -0.2) is 0 Å². The van der Waals surface area contributed by atoms with E-state index in [0.717, 1.165) is 30.9 Å². The maximum absolute atomic E-state index is 12.6. The molecule has 2 aliphatic heterocycles. The number of nitrogens with zero attached hydrogens (tertiary/aromatic N) is 2. The maximum atomic E-state index is 12.6. The third kappa shape index (κ3) is 5.15. The van der Waals surface area contributed by atoms with E-state index < -0.39 is 0 Å². The van der Waals surface area contributed by atoms with E-state index in [-0.39, 0.29) is 36.1 Å². The molecule has 0 bridgehead atoms. The van der Waals surface area contributed by atoms with Crippen molar-refractivity contribution in [2.45, 2.75) is 52.0 Å². The maximum Gasteiger partial charge on any atom is 0.287 e. The minimum atomic E-state index is -0.225. The van der Waals surface area contributed by atoms with E-state index in [1.54, 1.807) is 17.0 Å². The number of benzene rings is 1. The van der Waals surface area contributed by atoms with E-state index in [0.29, 0.717) is 18.1 Å². The Kier molecular flexibility index (Phi) is 6.55. The van der Waals surface area contributed by atoms with Crippen molar-refractivity contribution in [1.29, 1.82) is 0 Å². The molecule has 1 fully saturated rings. The molecule has 0 saturated carbocycles. The number of fused-ring (bicyclic) bond motifs is 1. The van der Waals surface area contributed by atoms with Gasteiger partial charge >= 0.3 is 0 Å². The fourth-order valence-corrected chi connectivity index (χ4v) is 4.18. The number of ether oxygens (including phenoxy) is 1. The normalized spacial score (nSPS) is 17.1. The molecule has 1 saturated heterocycles. The highest BCUT2D eigenvalue weighted by Crippen LogP contribution is 2.37. The number of rotatable bonds is 6. The molecule has 7 nitrogen and oxygen atoms in total. The average molecular weight is 440 g/mol. The molecule has 2 aliphatic rings. The first kappa shape index (κ1) is 22.4. The van der Waals surface area contributed by atoms with Crippen LogP contribution in [0.25, 0.3) is 0 Å². The van der Waals surface area contributed by atoms with Crippen molar-refractivity contribution < 1.29 is 18.7 Å². The van der Waals surface area contributed by atoms with E-state index in [1.165, 1.54) is 19.3 Å². The highest BCUT2D eigenvalue weighted by molar-refractivity contribution is 5.98. The molecule has 2 amide bonds. The van der Waals surface area contributed by atoms with Crippen molar-refractivity contribution in [2.24, 2.45) is 0 Å². The minimum Gasteiger partial charge on any atom is -0.482 e. The van der Waals surface area contributed by atoms with E-state index in [4.69, 9.17) is 9.15 Å². The van der Waals surface area contributed by atoms with Crippen molar-refractivity contribution >= 4 is 17.5 Å². The van der Waals surface area contributed by atoms with E-state index >= 15 is 0 Å². The average Bonchev–Trinajstić information content (AvgIpc) is 3.24. The Morgan fingerprint density at radius 2 is 1.88 bits per heavy atom. The van der Waals surface area contributed by atoms with Crippen LogP contribution in [0.15, 0.2) is 34.7 Å². The largest absolute Gasteiger partial charge is 0.482 e. The summed E-state index contributed by atoms with van der Waals surface area (Å²) in [5, 5.41) is 2.94. The molecular formula is C25H33N3O4. The van der Waals surface area contributed by atoms with Crippen molar-refractivity contribution in [3.63, 3.8) is 0 Å². The van der Waals surface area contributed by atoms with Crippen LogP contribution in [0.2, 0.25) is 0 Å². The summed E-state index contributed by atoms with van der Waals surface area (Å²) in [5.74, 6) is 1.15. The highest BCUT2D eigenvalue weighted by Gasteiger charge is 2.28. The molecule has 1 aromatic carbocycles. The third-order valence-corrected chi connectivity index (χ3v) is 6.13. The van der Waals surface area contributed by atoms with E-state index in [9.17, 15) is 9.59 Å². The molecule has 1 N–H and O–H groups in total. The number of nitrogens with one attached hydrogen (secondary N) is 1. The van der Waals surface area contributed by atoms with Gasteiger partial charge in [-0.05, 0) is 61.2 Å². The molecule has 3 heterocycles. The lowest BCUT2D eigenvalue weighted by atomic mass is 9.86.